The molecule has 3 aromatic rings. The van der Waals surface area contributed by atoms with E-state index in [2.05, 4.69) is 37.2 Å². The van der Waals surface area contributed by atoms with Gasteiger partial charge in [0.05, 0.1) is 18.8 Å². The molecule has 0 aromatic heterocycles. The summed E-state index contributed by atoms with van der Waals surface area (Å²) in [5.74, 6) is -5.56. The van der Waals surface area contributed by atoms with Crippen molar-refractivity contribution in [3.63, 3.8) is 0 Å². The number of hydrogen-bond acceptors (Lipinski definition) is 16. The first-order valence-corrected chi connectivity index (χ1v) is 27.0. The standard InChI is InChI=1S/C51H59ClN10O15S/c1-29-5-9-35(24-38(29)52)58-50(72)54-25-33-8-12-36-37(26-62(49(36)71)39-13-14-40(63)59-48(39)70)46(33)77-45(68)27-60(21-22-78(4,74)75)20-18-53-51(73)76-28-32-6-10-34(11-7-32)57-47(69)31(3)56-42(65)23-30(2)55-41(64)17-19-61-43(66)15-16-44(61)67/h5-12,15-16,24,30-31,39H,13-14,17-23,25-28H2,1-4H3,(H,53,73)(H,55,64)(H,56,65)(H,57,69)(H2,54,58,72)(H,59,63,70)/t30-,31-,39?/m0/s1. The number of nitrogens with zero attached hydrogens (tertiary/aromatic N) is 3. The molecule has 1 fully saturated rings. The lowest BCUT2D eigenvalue weighted by Gasteiger charge is -2.29. The SMILES string of the molecule is Cc1ccc(NC(=O)NCc2ccc3c(c2OC(=O)CN(CCNC(=O)OCc2ccc(NC(=O)[C@H](C)NC(=O)C[C@H](C)NC(=O)CCN4C(=O)C=CC4=O)cc2)CCS(C)(=O)=O)CN(C2CCC(=O)NC2=O)C3=O)cc1Cl. The largest absolute Gasteiger partial charge is 0.445 e. The average Bonchev–Trinajstić information content (AvgIpc) is 3.95. The maximum atomic E-state index is 13.8. The van der Waals surface area contributed by atoms with Crippen LogP contribution in [0.5, 0.6) is 5.75 Å². The second-order valence-corrected chi connectivity index (χ2v) is 21.4. The van der Waals surface area contributed by atoms with Gasteiger partial charge in [-0.15, -0.1) is 0 Å². The predicted octanol–water partition coefficient (Wildman–Crippen LogP) is 1.56. The summed E-state index contributed by atoms with van der Waals surface area (Å²) >= 11 is 6.22. The number of amides is 11. The van der Waals surface area contributed by atoms with Gasteiger partial charge in [-0.2, -0.15) is 0 Å². The molecule has 1 saturated heterocycles. The molecule has 7 N–H and O–H groups in total. The maximum Gasteiger partial charge on any atom is 0.407 e. The Kier molecular flexibility index (Phi) is 20.2. The Morgan fingerprint density at radius 1 is 0.872 bits per heavy atom. The number of anilines is 2. The summed E-state index contributed by atoms with van der Waals surface area (Å²) in [6, 6.07) is 11.0. The fourth-order valence-corrected chi connectivity index (χ4v) is 8.97. The third kappa shape index (κ3) is 17.1. The number of ether oxygens (including phenoxy) is 2. The smallest absolute Gasteiger partial charge is 0.407 e. The summed E-state index contributed by atoms with van der Waals surface area (Å²) in [6.45, 7) is 3.35. The van der Waals surface area contributed by atoms with Crippen LogP contribution in [0.2, 0.25) is 5.02 Å². The normalized spacial score (nSPS) is 15.8. The lowest BCUT2D eigenvalue weighted by atomic mass is 10.0. The molecule has 27 heteroatoms. The number of hydrogen-bond donors (Lipinski definition) is 7. The number of carbonyl (C=O) groups is 11. The van der Waals surface area contributed by atoms with Crippen molar-refractivity contribution in [3.8, 4) is 5.75 Å². The summed E-state index contributed by atoms with van der Waals surface area (Å²) in [5.41, 5.74) is 2.74. The van der Waals surface area contributed by atoms with E-state index in [0.29, 0.717) is 22.0 Å². The summed E-state index contributed by atoms with van der Waals surface area (Å²) in [6.07, 6.45) is 2.17. The Bertz CT molecular complexity index is 3010. The van der Waals surface area contributed by atoms with E-state index >= 15 is 0 Å². The summed E-state index contributed by atoms with van der Waals surface area (Å²) in [5, 5.41) is 18.4. The van der Waals surface area contributed by atoms with E-state index in [9.17, 15) is 61.2 Å². The molecule has 3 aliphatic rings. The number of nitrogens with one attached hydrogen (secondary N) is 7. The molecule has 0 aliphatic carbocycles. The van der Waals surface area contributed by atoms with Crippen LogP contribution in [-0.4, -0.2) is 151 Å². The van der Waals surface area contributed by atoms with Gasteiger partial charge in [0.2, 0.25) is 29.5 Å². The highest BCUT2D eigenvalue weighted by Gasteiger charge is 2.41. The number of fused-ring (bicyclic) bond motifs is 1. The van der Waals surface area contributed by atoms with Crippen molar-refractivity contribution in [2.45, 2.75) is 84.3 Å². The lowest BCUT2D eigenvalue weighted by molar-refractivity contribution is -0.138. The number of benzene rings is 3. The van der Waals surface area contributed by atoms with Crippen LogP contribution in [0.3, 0.4) is 0 Å². The van der Waals surface area contributed by atoms with E-state index in [-0.39, 0.29) is 99.8 Å². The van der Waals surface area contributed by atoms with Crippen molar-refractivity contribution < 1.29 is 70.6 Å². The van der Waals surface area contributed by atoms with Crippen LogP contribution in [0.25, 0.3) is 0 Å². The molecule has 3 aromatic carbocycles. The highest BCUT2D eigenvalue weighted by atomic mass is 35.5. The highest BCUT2D eigenvalue weighted by Crippen LogP contribution is 2.36. The fourth-order valence-electron chi connectivity index (χ4n) is 8.20. The van der Waals surface area contributed by atoms with Gasteiger partial charge in [0.25, 0.3) is 17.7 Å². The van der Waals surface area contributed by atoms with Crippen LogP contribution in [-0.2, 0) is 72.6 Å². The van der Waals surface area contributed by atoms with Crippen LogP contribution in [0.15, 0.2) is 66.7 Å². The number of halogens is 1. The third-order valence-corrected chi connectivity index (χ3v) is 13.7. The quantitative estimate of drug-likeness (QED) is 0.0380. The van der Waals surface area contributed by atoms with Crippen LogP contribution < -0.4 is 42.0 Å². The van der Waals surface area contributed by atoms with Crippen LogP contribution in [0.4, 0.5) is 21.0 Å². The Hall–Kier alpha value is -8.23. The Morgan fingerprint density at radius 2 is 1.58 bits per heavy atom. The topological polar surface area (TPSA) is 334 Å². The maximum absolute atomic E-state index is 13.8. The van der Waals surface area contributed by atoms with E-state index in [0.717, 1.165) is 28.9 Å². The monoisotopic (exact) mass is 1120 g/mol. The van der Waals surface area contributed by atoms with E-state index in [1.807, 2.05) is 0 Å². The summed E-state index contributed by atoms with van der Waals surface area (Å²) in [4.78, 5) is 143. The van der Waals surface area contributed by atoms with Crippen LogP contribution >= 0.6 is 11.6 Å². The highest BCUT2D eigenvalue weighted by molar-refractivity contribution is 7.90. The molecule has 0 radical (unpaired) electrons. The van der Waals surface area contributed by atoms with Gasteiger partial charge in [0.15, 0.2) is 0 Å². The number of sulfone groups is 1. The third-order valence-electron chi connectivity index (χ3n) is 12.4. The second kappa shape index (κ2) is 26.7. The van der Waals surface area contributed by atoms with Crippen molar-refractivity contribution in [2.24, 2.45) is 0 Å². The zero-order chi connectivity index (χ0) is 56.8. The molecule has 3 aliphatic heterocycles. The van der Waals surface area contributed by atoms with Gasteiger partial charge in [-0.3, -0.25) is 58.3 Å². The molecule has 78 heavy (non-hydrogen) atoms. The van der Waals surface area contributed by atoms with Crippen LogP contribution in [0.1, 0.15) is 72.1 Å². The van der Waals surface area contributed by atoms with E-state index in [1.165, 1.54) is 28.9 Å². The van der Waals surface area contributed by atoms with Gasteiger partial charge in [-0.25, -0.2) is 18.0 Å². The second-order valence-electron chi connectivity index (χ2n) is 18.7. The molecular formula is C51H59ClN10O15S. The van der Waals surface area contributed by atoms with Crippen molar-refractivity contribution in [2.75, 3.05) is 55.4 Å². The molecule has 6 rings (SSSR count). The van der Waals surface area contributed by atoms with Gasteiger partial charge in [0.1, 0.15) is 34.3 Å². The van der Waals surface area contributed by atoms with Gasteiger partial charge >= 0.3 is 18.1 Å². The molecule has 0 bridgehead atoms. The van der Waals surface area contributed by atoms with Crippen molar-refractivity contribution in [3.05, 3.63) is 99.6 Å². The molecule has 25 nitrogen and oxygen atoms in total. The van der Waals surface area contributed by atoms with Gasteiger partial charge in [-0.1, -0.05) is 35.9 Å². The lowest BCUT2D eigenvalue weighted by Crippen LogP contribution is -2.52. The Balaban J connectivity index is 0.989. The van der Waals surface area contributed by atoms with E-state index in [1.54, 1.807) is 56.3 Å². The molecule has 0 saturated carbocycles. The summed E-state index contributed by atoms with van der Waals surface area (Å²) < 4.78 is 35.7. The molecule has 11 amide bonds. The minimum absolute atomic E-state index is 0.000358. The first-order chi connectivity index (χ1) is 36.9. The van der Waals surface area contributed by atoms with Crippen molar-refractivity contribution in [1.29, 1.82) is 0 Å². The average molecular weight is 1120 g/mol. The number of urea groups is 1. The van der Waals surface area contributed by atoms with Crippen molar-refractivity contribution in [1.82, 2.24) is 41.3 Å². The Labute approximate surface area is 453 Å². The zero-order valence-corrected chi connectivity index (χ0v) is 44.6. The van der Waals surface area contributed by atoms with E-state index in [4.69, 9.17) is 21.1 Å². The molecule has 1 unspecified atom stereocenters. The first kappa shape index (κ1) is 59.0. The zero-order valence-electron chi connectivity index (χ0n) is 43.0. The number of aryl methyl sites for hydroxylation is 1. The number of esters is 1. The van der Waals surface area contributed by atoms with Gasteiger partial charge in [0, 0.05) is 110 Å². The molecule has 416 valence electrons. The molecule has 3 heterocycles. The van der Waals surface area contributed by atoms with E-state index < -0.39 is 99.9 Å². The molecular weight excluding hydrogens is 1060 g/mol. The molecule has 0 spiro atoms. The van der Waals surface area contributed by atoms with Gasteiger partial charge < -0.3 is 46.3 Å². The number of carbonyl (C=O) groups excluding carboxylic acids is 11. The first-order valence-electron chi connectivity index (χ1n) is 24.6. The van der Waals surface area contributed by atoms with Gasteiger partial charge in [-0.05, 0) is 68.7 Å². The minimum Gasteiger partial charge on any atom is -0.445 e. The minimum atomic E-state index is -3.54. The number of rotatable bonds is 24. The predicted molar refractivity (Wildman–Crippen MR) is 280 cm³/mol. The van der Waals surface area contributed by atoms with Crippen LogP contribution in [0, 0.1) is 6.92 Å². The fraction of sp³-hybridized carbons (Fsp3) is 0.392. The van der Waals surface area contributed by atoms with Crippen molar-refractivity contribution >= 4 is 98.2 Å². The summed E-state index contributed by atoms with van der Waals surface area (Å²) in [7, 11) is -3.54. The number of piperidine rings is 1. The Morgan fingerprint density at radius 3 is 2.26 bits per heavy atom. The molecule has 3 atom stereocenters. The number of alkyl carbamates (subject to hydrolysis) is 1. The number of imide groups is 2.